The zero-order valence-electron chi connectivity index (χ0n) is 14.2. The summed E-state index contributed by atoms with van der Waals surface area (Å²) in [6, 6.07) is 17.9. The lowest BCUT2D eigenvalue weighted by Gasteiger charge is -2.20. The molecule has 5 heteroatoms. The summed E-state index contributed by atoms with van der Waals surface area (Å²) in [5.41, 5.74) is 3.54. The number of halogens is 1. The van der Waals surface area contributed by atoms with Crippen LogP contribution in [0.15, 0.2) is 73.2 Å². The molecule has 4 aromatic rings. The Morgan fingerprint density at radius 3 is 2.65 bits per heavy atom. The molecule has 2 aromatic carbocycles. The molecule has 0 spiro atoms. The lowest BCUT2D eigenvalue weighted by Crippen LogP contribution is -2.15. The molecule has 0 amide bonds. The predicted octanol–water partition coefficient (Wildman–Crippen LogP) is 4.67. The van der Waals surface area contributed by atoms with Crippen molar-refractivity contribution in [2.45, 2.75) is 13.0 Å². The number of pyridine rings is 1. The number of hydrogen-bond donors (Lipinski definition) is 1. The highest BCUT2D eigenvalue weighted by atomic mass is 19.1. The van der Waals surface area contributed by atoms with Crippen LogP contribution in [-0.4, -0.2) is 15.0 Å². The second kappa shape index (κ2) is 6.88. The second-order valence-corrected chi connectivity index (χ2v) is 6.13. The van der Waals surface area contributed by atoms with Gasteiger partial charge in [0.2, 0.25) is 0 Å². The van der Waals surface area contributed by atoms with Crippen LogP contribution >= 0.6 is 0 Å². The lowest BCUT2D eigenvalue weighted by atomic mass is 10.0. The van der Waals surface area contributed by atoms with Crippen LogP contribution in [-0.2, 0) is 0 Å². The molecule has 0 aliphatic rings. The number of aryl methyl sites for hydroxylation is 1. The highest BCUT2D eigenvalue weighted by molar-refractivity contribution is 5.89. The van der Waals surface area contributed by atoms with Crippen LogP contribution in [0.5, 0.6) is 0 Å². The summed E-state index contributed by atoms with van der Waals surface area (Å²) in [6.45, 7) is 2.03. The molecule has 0 bridgehead atoms. The molecule has 0 fully saturated rings. The van der Waals surface area contributed by atoms with Crippen molar-refractivity contribution in [2.24, 2.45) is 0 Å². The van der Waals surface area contributed by atoms with E-state index in [0.29, 0.717) is 5.82 Å². The number of rotatable bonds is 4. The van der Waals surface area contributed by atoms with Gasteiger partial charge in [0.1, 0.15) is 18.0 Å². The Balaban J connectivity index is 1.82. The Labute approximate surface area is 150 Å². The Hall–Kier alpha value is -3.34. The van der Waals surface area contributed by atoms with Gasteiger partial charge in [0.05, 0.1) is 17.3 Å². The molecule has 0 aliphatic heterocycles. The van der Waals surface area contributed by atoms with Gasteiger partial charge in [-0.25, -0.2) is 14.4 Å². The van der Waals surface area contributed by atoms with E-state index in [0.717, 1.165) is 27.7 Å². The van der Waals surface area contributed by atoms with E-state index in [1.54, 1.807) is 12.3 Å². The molecular formula is C21H17FN4. The first-order valence-corrected chi connectivity index (χ1v) is 8.35. The molecule has 0 saturated heterocycles. The van der Waals surface area contributed by atoms with Gasteiger partial charge >= 0.3 is 0 Å². The van der Waals surface area contributed by atoms with Crippen molar-refractivity contribution in [2.75, 3.05) is 5.32 Å². The van der Waals surface area contributed by atoms with Crippen LogP contribution in [0.4, 0.5) is 10.2 Å². The number of nitrogens with zero attached hydrogens (tertiary/aromatic N) is 3. The standard InChI is InChI=1S/C21H17FN4/c1-14-8-9-18-17(11-14)21(25-13-24-18)26-20(19-7-2-3-10-23-19)15-5-4-6-16(22)12-15/h2-13,20H,1H3,(H,24,25,26). The molecule has 2 heterocycles. The molecule has 0 aliphatic carbocycles. The third kappa shape index (κ3) is 3.24. The van der Waals surface area contributed by atoms with Crippen molar-refractivity contribution in [3.05, 3.63) is 95.8 Å². The van der Waals surface area contributed by atoms with Crippen LogP contribution < -0.4 is 5.32 Å². The highest BCUT2D eigenvalue weighted by Crippen LogP contribution is 2.28. The van der Waals surface area contributed by atoms with Crippen LogP contribution in [0.3, 0.4) is 0 Å². The third-order valence-electron chi connectivity index (χ3n) is 4.24. The van der Waals surface area contributed by atoms with Gasteiger partial charge in [-0.15, -0.1) is 0 Å². The number of nitrogens with one attached hydrogen (secondary N) is 1. The minimum absolute atomic E-state index is 0.284. The molecule has 4 nitrogen and oxygen atoms in total. The number of fused-ring (bicyclic) bond motifs is 1. The maximum Gasteiger partial charge on any atom is 0.138 e. The van der Waals surface area contributed by atoms with Gasteiger partial charge in [-0.05, 0) is 48.9 Å². The quantitative estimate of drug-likeness (QED) is 0.584. The van der Waals surface area contributed by atoms with E-state index < -0.39 is 0 Å². The maximum absolute atomic E-state index is 13.8. The molecule has 26 heavy (non-hydrogen) atoms. The van der Waals surface area contributed by atoms with Crippen molar-refractivity contribution in [3.8, 4) is 0 Å². The molecule has 0 saturated carbocycles. The SMILES string of the molecule is Cc1ccc2ncnc(NC(c3cccc(F)c3)c3ccccn3)c2c1. The summed E-state index contributed by atoms with van der Waals surface area (Å²) >= 11 is 0. The Bertz CT molecular complexity index is 1050. The number of hydrogen-bond acceptors (Lipinski definition) is 4. The van der Waals surface area contributed by atoms with Gasteiger partial charge < -0.3 is 5.32 Å². The van der Waals surface area contributed by atoms with Crippen LogP contribution in [0.2, 0.25) is 0 Å². The topological polar surface area (TPSA) is 50.7 Å². The summed E-state index contributed by atoms with van der Waals surface area (Å²) in [4.78, 5) is 13.2. The van der Waals surface area contributed by atoms with E-state index in [9.17, 15) is 4.39 Å². The van der Waals surface area contributed by atoms with Crippen molar-refractivity contribution in [1.82, 2.24) is 15.0 Å². The minimum Gasteiger partial charge on any atom is -0.357 e. The fourth-order valence-corrected chi connectivity index (χ4v) is 2.98. The van der Waals surface area contributed by atoms with Crippen molar-refractivity contribution >= 4 is 16.7 Å². The normalized spacial score (nSPS) is 12.1. The van der Waals surface area contributed by atoms with E-state index >= 15 is 0 Å². The van der Waals surface area contributed by atoms with Gasteiger partial charge in [-0.2, -0.15) is 0 Å². The molecule has 4 rings (SSSR count). The Kier molecular flexibility index (Phi) is 4.27. The van der Waals surface area contributed by atoms with Gasteiger partial charge in [-0.1, -0.05) is 29.8 Å². The summed E-state index contributed by atoms with van der Waals surface area (Å²) in [5.74, 6) is 0.409. The fraction of sp³-hybridized carbons (Fsp3) is 0.0952. The average Bonchev–Trinajstić information content (AvgIpc) is 2.67. The number of benzene rings is 2. The molecule has 1 atom stereocenters. The van der Waals surface area contributed by atoms with Crippen molar-refractivity contribution in [1.29, 1.82) is 0 Å². The second-order valence-electron chi connectivity index (χ2n) is 6.13. The summed E-state index contributed by atoms with van der Waals surface area (Å²) in [7, 11) is 0. The zero-order valence-corrected chi connectivity index (χ0v) is 14.2. The maximum atomic E-state index is 13.8. The van der Waals surface area contributed by atoms with Crippen LogP contribution in [0.1, 0.15) is 22.9 Å². The van der Waals surface area contributed by atoms with Gasteiger partial charge in [-0.3, -0.25) is 4.98 Å². The molecular weight excluding hydrogens is 327 g/mol. The molecule has 128 valence electrons. The van der Waals surface area contributed by atoms with E-state index in [1.165, 1.54) is 18.5 Å². The zero-order chi connectivity index (χ0) is 17.9. The minimum atomic E-state index is -0.328. The first kappa shape index (κ1) is 16.1. The molecule has 0 radical (unpaired) electrons. The highest BCUT2D eigenvalue weighted by Gasteiger charge is 2.18. The lowest BCUT2D eigenvalue weighted by molar-refractivity contribution is 0.624. The predicted molar refractivity (Wildman–Crippen MR) is 100 cm³/mol. The average molecular weight is 344 g/mol. The van der Waals surface area contributed by atoms with Crippen LogP contribution in [0, 0.1) is 12.7 Å². The molecule has 1 unspecified atom stereocenters. The Morgan fingerprint density at radius 2 is 1.85 bits per heavy atom. The summed E-state index contributed by atoms with van der Waals surface area (Å²) in [6.07, 6.45) is 3.26. The third-order valence-corrected chi connectivity index (χ3v) is 4.24. The first-order valence-electron chi connectivity index (χ1n) is 8.35. The van der Waals surface area contributed by atoms with Gasteiger partial charge in [0, 0.05) is 11.6 Å². The fourth-order valence-electron chi connectivity index (χ4n) is 2.98. The van der Waals surface area contributed by atoms with E-state index in [-0.39, 0.29) is 11.9 Å². The van der Waals surface area contributed by atoms with E-state index in [4.69, 9.17) is 0 Å². The van der Waals surface area contributed by atoms with Gasteiger partial charge in [0.25, 0.3) is 0 Å². The van der Waals surface area contributed by atoms with Gasteiger partial charge in [0.15, 0.2) is 0 Å². The largest absolute Gasteiger partial charge is 0.357 e. The Morgan fingerprint density at radius 1 is 0.923 bits per heavy atom. The van der Waals surface area contributed by atoms with E-state index in [2.05, 4.69) is 20.3 Å². The smallest absolute Gasteiger partial charge is 0.138 e. The number of aromatic nitrogens is 3. The first-order chi connectivity index (χ1) is 12.7. The van der Waals surface area contributed by atoms with Crippen molar-refractivity contribution < 1.29 is 4.39 Å². The summed E-state index contributed by atoms with van der Waals surface area (Å²) in [5, 5.41) is 4.35. The van der Waals surface area contributed by atoms with Crippen LogP contribution in [0.25, 0.3) is 10.9 Å². The number of anilines is 1. The monoisotopic (exact) mass is 344 g/mol. The molecule has 1 N–H and O–H groups in total. The molecule has 2 aromatic heterocycles. The van der Waals surface area contributed by atoms with Crippen molar-refractivity contribution in [3.63, 3.8) is 0 Å². The van der Waals surface area contributed by atoms with E-state index in [1.807, 2.05) is 49.4 Å². The summed E-state index contributed by atoms with van der Waals surface area (Å²) < 4.78 is 13.8.